The predicted octanol–water partition coefficient (Wildman–Crippen LogP) is -0.264. The molecule has 0 aromatic heterocycles. The molecule has 0 fully saturated rings. The molecule has 0 saturated heterocycles. The van der Waals surface area contributed by atoms with Crippen LogP contribution in [-0.4, -0.2) is 19.8 Å². The number of fused-ring (bicyclic) bond motifs is 1. The SMILES string of the molecule is CC[Si](C)(C)C1=C(C2=C(C)[CH]([Zr+2])c3ccccc32)CC=C1CCCO.[Cl-].[Cl-]. The molecule has 0 spiro atoms. The Morgan fingerprint density at radius 1 is 1.19 bits per heavy atom. The number of benzene rings is 1. The van der Waals surface area contributed by atoms with Crippen LogP contribution >= 0.6 is 0 Å². The second-order valence-electron chi connectivity index (χ2n) is 7.93. The average Bonchev–Trinajstić information content (AvgIpc) is 3.13. The summed E-state index contributed by atoms with van der Waals surface area (Å²) >= 11 is 1.59. The van der Waals surface area contributed by atoms with Crippen molar-refractivity contribution in [3.63, 3.8) is 0 Å². The van der Waals surface area contributed by atoms with E-state index in [1.807, 2.05) is 0 Å². The molecule has 0 bridgehead atoms. The van der Waals surface area contributed by atoms with Crippen molar-refractivity contribution in [2.45, 2.75) is 55.9 Å². The van der Waals surface area contributed by atoms with Gasteiger partial charge in [0.1, 0.15) is 0 Å². The van der Waals surface area contributed by atoms with E-state index in [1.165, 1.54) is 22.7 Å². The van der Waals surface area contributed by atoms with Crippen LogP contribution in [0, 0.1) is 0 Å². The maximum absolute atomic E-state index is 9.32. The Kier molecular flexibility index (Phi) is 9.50. The summed E-state index contributed by atoms with van der Waals surface area (Å²) < 4.78 is 0.611. The van der Waals surface area contributed by atoms with Gasteiger partial charge >= 0.3 is 169 Å². The zero-order valence-electron chi connectivity index (χ0n) is 16.7. The van der Waals surface area contributed by atoms with Crippen molar-refractivity contribution in [1.82, 2.24) is 0 Å². The van der Waals surface area contributed by atoms with Crippen molar-refractivity contribution in [2.75, 3.05) is 6.61 Å². The van der Waals surface area contributed by atoms with E-state index in [2.05, 4.69) is 57.3 Å². The van der Waals surface area contributed by atoms with Crippen molar-refractivity contribution in [3.05, 3.63) is 63.4 Å². The molecule has 3 rings (SSSR count). The summed E-state index contributed by atoms with van der Waals surface area (Å²) in [5, 5.41) is 11.0. The first-order valence-corrected chi connectivity index (χ1v) is 14.1. The van der Waals surface area contributed by atoms with E-state index in [0.29, 0.717) is 10.2 Å². The number of aliphatic hydroxyl groups is 1. The molecule has 5 heteroatoms. The van der Waals surface area contributed by atoms with Gasteiger partial charge in [-0.1, -0.05) is 0 Å². The third kappa shape index (κ3) is 4.64. The largest absolute Gasteiger partial charge is 1.00 e. The molecule has 0 saturated carbocycles. The van der Waals surface area contributed by atoms with E-state index >= 15 is 0 Å². The number of hydrogen-bond acceptors (Lipinski definition) is 1. The van der Waals surface area contributed by atoms with Crippen LogP contribution in [0.1, 0.15) is 47.9 Å². The minimum atomic E-state index is -1.46. The molecular formula is C22H29Cl2OSiZr. The van der Waals surface area contributed by atoms with Gasteiger partial charge in [-0.3, -0.25) is 0 Å². The molecule has 2 aliphatic rings. The molecule has 2 aliphatic carbocycles. The fraction of sp³-hybridized carbons (Fsp3) is 0.455. The summed E-state index contributed by atoms with van der Waals surface area (Å²) in [5.74, 6) is 0. The number of rotatable bonds is 6. The monoisotopic (exact) mass is 497 g/mol. The Morgan fingerprint density at radius 2 is 1.85 bits per heavy atom. The minimum absolute atomic E-state index is 0. The van der Waals surface area contributed by atoms with Crippen molar-refractivity contribution in [2.24, 2.45) is 0 Å². The molecular weight excluding hydrogens is 470 g/mol. The molecule has 1 aromatic carbocycles. The van der Waals surface area contributed by atoms with Gasteiger partial charge in [-0.05, 0) is 0 Å². The second-order valence-corrected chi connectivity index (χ2v) is 14.3. The van der Waals surface area contributed by atoms with Gasteiger partial charge in [0.05, 0.1) is 0 Å². The molecule has 1 unspecified atom stereocenters. The van der Waals surface area contributed by atoms with Crippen LogP contribution in [0.3, 0.4) is 0 Å². The Balaban J connectivity index is 0.00000182. The van der Waals surface area contributed by atoms with Crippen LogP contribution in [0.15, 0.2) is 52.3 Å². The van der Waals surface area contributed by atoms with Crippen LogP contribution in [0.2, 0.25) is 19.1 Å². The van der Waals surface area contributed by atoms with Crippen molar-refractivity contribution < 1.29 is 54.6 Å². The van der Waals surface area contributed by atoms with Gasteiger partial charge in [0.15, 0.2) is 0 Å². The third-order valence-corrected chi connectivity index (χ3v) is 11.6. The van der Waals surface area contributed by atoms with Crippen LogP contribution in [0.5, 0.6) is 0 Å². The first-order chi connectivity index (χ1) is 11.9. The van der Waals surface area contributed by atoms with E-state index < -0.39 is 8.07 Å². The van der Waals surface area contributed by atoms with E-state index in [-0.39, 0.29) is 24.8 Å². The van der Waals surface area contributed by atoms with Gasteiger partial charge in [0.2, 0.25) is 0 Å². The molecule has 1 N–H and O–H groups in total. The summed E-state index contributed by atoms with van der Waals surface area (Å²) in [7, 11) is -1.46. The fourth-order valence-corrected chi connectivity index (χ4v) is 7.80. The molecule has 0 amide bonds. The first kappa shape index (κ1) is 25.1. The predicted molar refractivity (Wildman–Crippen MR) is 106 cm³/mol. The standard InChI is InChI=1S/C22H29OSi.2ClH.Zr/c1-5-24(3,4)22-17(10-8-14-23)12-13-20(22)21-16(2)15-18-9-6-7-11-19(18)21;;;/h6-7,9,11-12,15,23H,5,8,10,13-14H2,1-4H3;2*1H;/q;;;+2/p-2. The molecule has 1 aromatic rings. The summed E-state index contributed by atoms with van der Waals surface area (Å²) in [5.41, 5.74) is 9.28. The normalized spacial score (nSPS) is 18.9. The summed E-state index contributed by atoms with van der Waals surface area (Å²) in [6.45, 7) is 10.0. The van der Waals surface area contributed by atoms with Crippen LogP contribution in [0.25, 0.3) is 5.57 Å². The first-order valence-electron chi connectivity index (χ1n) is 9.47. The summed E-state index contributed by atoms with van der Waals surface area (Å²) in [6, 6.07) is 10.3. The van der Waals surface area contributed by atoms with E-state index in [0.717, 1.165) is 19.3 Å². The van der Waals surface area contributed by atoms with Crippen LogP contribution in [0.4, 0.5) is 0 Å². The number of aliphatic hydroxyl groups excluding tert-OH is 1. The molecule has 145 valence electrons. The Morgan fingerprint density at radius 3 is 2.48 bits per heavy atom. The zero-order valence-corrected chi connectivity index (χ0v) is 21.7. The van der Waals surface area contributed by atoms with E-state index in [1.54, 1.807) is 46.6 Å². The molecule has 1 nitrogen and oxygen atoms in total. The number of halogens is 2. The zero-order chi connectivity index (χ0) is 18.2. The topological polar surface area (TPSA) is 20.2 Å². The molecule has 0 aliphatic heterocycles. The maximum Gasteiger partial charge on any atom is -1.00 e. The van der Waals surface area contributed by atoms with Crippen LogP contribution < -0.4 is 24.8 Å². The Hall–Kier alpha value is 0.0800. The van der Waals surface area contributed by atoms with Crippen molar-refractivity contribution in [3.8, 4) is 0 Å². The van der Waals surface area contributed by atoms with Gasteiger partial charge in [0.25, 0.3) is 0 Å². The van der Waals surface area contributed by atoms with Crippen LogP contribution in [-0.2, 0) is 24.7 Å². The smallest absolute Gasteiger partial charge is 1.00 e. The fourth-order valence-electron chi connectivity index (χ4n) is 4.33. The van der Waals surface area contributed by atoms with E-state index in [9.17, 15) is 5.11 Å². The molecule has 0 heterocycles. The number of hydrogen-bond donors (Lipinski definition) is 1. The number of allylic oxidation sites excluding steroid dienone is 6. The third-order valence-electron chi connectivity index (χ3n) is 6.01. The molecule has 1 atom stereocenters. The summed E-state index contributed by atoms with van der Waals surface area (Å²) in [4.78, 5) is 0. The Labute approximate surface area is 193 Å². The quantitative estimate of drug-likeness (QED) is 0.535. The van der Waals surface area contributed by atoms with Gasteiger partial charge in [0, 0.05) is 0 Å². The maximum atomic E-state index is 9.32. The van der Waals surface area contributed by atoms with Gasteiger partial charge in [-0.25, -0.2) is 0 Å². The van der Waals surface area contributed by atoms with Gasteiger partial charge in [-0.15, -0.1) is 0 Å². The van der Waals surface area contributed by atoms with E-state index in [4.69, 9.17) is 0 Å². The second kappa shape index (κ2) is 10.2. The summed E-state index contributed by atoms with van der Waals surface area (Å²) in [6.07, 6.45) is 5.45. The van der Waals surface area contributed by atoms with Crippen molar-refractivity contribution in [1.29, 1.82) is 0 Å². The average molecular weight is 500 g/mol. The molecule has 0 radical (unpaired) electrons. The van der Waals surface area contributed by atoms with Gasteiger partial charge < -0.3 is 24.8 Å². The minimum Gasteiger partial charge on any atom is -1.00 e. The van der Waals surface area contributed by atoms with Crippen molar-refractivity contribution >= 4 is 13.6 Å². The Bertz CT molecular complexity index is 780. The molecule has 27 heavy (non-hydrogen) atoms. The van der Waals surface area contributed by atoms with Gasteiger partial charge in [-0.2, -0.15) is 0 Å².